The first kappa shape index (κ1) is 8.98. The van der Waals surface area contributed by atoms with Gasteiger partial charge in [-0.1, -0.05) is 6.92 Å². The first-order chi connectivity index (χ1) is 4.20. The normalized spacial score (nSPS) is 16.8. The molecule has 0 aromatic carbocycles. The molecule has 0 bridgehead atoms. The fourth-order valence-corrected chi connectivity index (χ4v) is 0.744. The van der Waals surface area contributed by atoms with Crippen molar-refractivity contribution in [1.29, 1.82) is 0 Å². The largest absolute Gasteiger partial charge is 0.322 e. The van der Waals surface area contributed by atoms with Crippen molar-refractivity contribution < 1.29 is 4.79 Å². The Hall–Kier alpha value is -0.0200. The Labute approximate surface area is 61.2 Å². The van der Waals surface area contributed by atoms with E-state index in [1.54, 1.807) is 0 Å². The van der Waals surface area contributed by atoms with Crippen LogP contribution in [0.2, 0.25) is 0 Å². The minimum atomic E-state index is -0.299. The molecule has 9 heavy (non-hydrogen) atoms. The summed E-state index contributed by atoms with van der Waals surface area (Å²) in [5.74, 6) is 1.23. The second kappa shape index (κ2) is 4.82. The average molecular weight is 147 g/mol. The molecule has 0 aliphatic rings. The predicted octanol–water partition coefficient (Wildman–Crippen LogP) is 0.469. The zero-order valence-electron chi connectivity index (χ0n) is 5.58. The molecular formula is C6H13NOS. The van der Waals surface area contributed by atoms with Gasteiger partial charge in [-0.25, -0.2) is 0 Å². The van der Waals surface area contributed by atoms with Crippen molar-refractivity contribution in [2.45, 2.75) is 19.4 Å². The lowest BCUT2D eigenvalue weighted by molar-refractivity contribution is -0.109. The van der Waals surface area contributed by atoms with E-state index >= 15 is 0 Å². The van der Waals surface area contributed by atoms with Gasteiger partial charge in [-0.15, -0.1) is 0 Å². The molecular weight excluding hydrogens is 134 g/mol. The predicted molar refractivity (Wildman–Crippen MR) is 41.7 cm³/mol. The van der Waals surface area contributed by atoms with Gasteiger partial charge in [0.25, 0.3) is 0 Å². The minimum absolute atomic E-state index is 0.299. The lowest BCUT2D eigenvalue weighted by Gasteiger charge is -2.08. The second-order valence-corrected chi connectivity index (χ2v) is 2.69. The van der Waals surface area contributed by atoms with E-state index < -0.39 is 0 Å². The highest BCUT2D eigenvalue weighted by molar-refractivity contribution is 7.80. The Morgan fingerprint density at radius 1 is 1.78 bits per heavy atom. The van der Waals surface area contributed by atoms with Crippen molar-refractivity contribution in [2.24, 2.45) is 11.7 Å². The Morgan fingerprint density at radius 2 is 2.33 bits per heavy atom. The van der Waals surface area contributed by atoms with Gasteiger partial charge in [0.2, 0.25) is 0 Å². The van der Waals surface area contributed by atoms with Gasteiger partial charge in [-0.2, -0.15) is 12.6 Å². The topological polar surface area (TPSA) is 43.1 Å². The molecule has 2 nitrogen and oxygen atoms in total. The third-order valence-corrected chi connectivity index (χ3v) is 1.78. The van der Waals surface area contributed by atoms with Crippen LogP contribution < -0.4 is 5.73 Å². The molecule has 0 saturated carbocycles. The van der Waals surface area contributed by atoms with Crippen LogP contribution in [0.15, 0.2) is 0 Å². The number of hydrogen-bond acceptors (Lipinski definition) is 3. The smallest absolute Gasteiger partial charge is 0.136 e. The molecule has 54 valence electrons. The second-order valence-electron chi connectivity index (χ2n) is 2.32. The monoisotopic (exact) mass is 147 g/mol. The van der Waals surface area contributed by atoms with Crippen LogP contribution in [0.5, 0.6) is 0 Å². The Kier molecular flexibility index (Phi) is 4.81. The van der Waals surface area contributed by atoms with Gasteiger partial charge in [0.05, 0.1) is 6.04 Å². The standard InChI is InChI=1S/C6H13NOS/c1-5(4-9)2-6(7)3-8/h3,5-6,9H,2,4,7H2,1H3/t5?,6-/m0/s1. The van der Waals surface area contributed by atoms with Crippen LogP contribution in [0, 0.1) is 5.92 Å². The van der Waals surface area contributed by atoms with Crippen LogP contribution in [0.3, 0.4) is 0 Å². The van der Waals surface area contributed by atoms with E-state index in [1.165, 1.54) is 0 Å². The maximum Gasteiger partial charge on any atom is 0.136 e. The summed E-state index contributed by atoms with van der Waals surface area (Å²) in [6.07, 6.45) is 1.52. The van der Waals surface area contributed by atoms with E-state index in [4.69, 9.17) is 5.73 Å². The fraction of sp³-hybridized carbons (Fsp3) is 0.833. The number of carbonyl (C=O) groups excluding carboxylic acids is 1. The van der Waals surface area contributed by atoms with Crippen LogP contribution in [0.1, 0.15) is 13.3 Å². The highest BCUT2D eigenvalue weighted by Crippen LogP contribution is 2.04. The highest BCUT2D eigenvalue weighted by atomic mass is 32.1. The zero-order valence-corrected chi connectivity index (χ0v) is 6.47. The number of hydrogen-bond donors (Lipinski definition) is 2. The summed E-state index contributed by atoms with van der Waals surface area (Å²) in [6.45, 7) is 2.02. The van der Waals surface area contributed by atoms with Crippen molar-refractivity contribution >= 4 is 18.9 Å². The number of carbonyl (C=O) groups is 1. The van der Waals surface area contributed by atoms with Crippen molar-refractivity contribution in [3.05, 3.63) is 0 Å². The molecule has 0 aliphatic carbocycles. The molecule has 0 saturated heterocycles. The molecule has 2 N–H and O–H groups in total. The number of nitrogens with two attached hydrogens (primary N) is 1. The summed E-state index contributed by atoms with van der Waals surface area (Å²) in [6, 6.07) is -0.299. The number of aldehydes is 1. The highest BCUT2D eigenvalue weighted by Gasteiger charge is 2.04. The zero-order chi connectivity index (χ0) is 7.28. The molecule has 3 heteroatoms. The summed E-state index contributed by atoms with van der Waals surface area (Å²) in [5, 5.41) is 0. The van der Waals surface area contributed by atoms with Crippen LogP contribution in [0.25, 0.3) is 0 Å². The van der Waals surface area contributed by atoms with Gasteiger partial charge in [0.15, 0.2) is 0 Å². The fourth-order valence-electron chi connectivity index (χ4n) is 0.595. The maximum atomic E-state index is 10.0. The van der Waals surface area contributed by atoms with E-state index in [2.05, 4.69) is 12.6 Å². The third-order valence-electron chi connectivity index (χ3n) is 1.16. The van der Waals surface area contributed by atoms with Crippen molar-refractivity contribution in [2.75, 3.05) is 5.75 Å². The van der Waals surface area contributed by atoms with Crippen molar-refractivity contribution in [1.82, 2.24) is 0 Å². The summed E-state index contributed by atoms with van der Waals surface area (Å²) >= 11 is 4.06. The molecule has 1 unspecified atom stereocenters. The Bertz CT molecular complexity index is 87.1. The van der Waals surface area contributed by atoms with Crippen molar-refractivity contribution in [3.8, 4) is 0 Å². The van der Waals surface area contributed by atoms with Gasteiger partial charge >= 0.3 is 0 Å². The first-order valence-electron chi connectivity index (χ1n) is 3.02. The molecule has 0 aromatic heterocycles. The van der Waals surface area contributed by atoms with Gasteiger partial charge in [-0.3, -0.25) is 0 Å². The molecule has 0 heterocycles. The van der Waals surface area contributed by atoms with E-state index in [0.29, 0.717) is 5.92 Å². The van der Waals surface area contributed by atoms with E-state index in [-0.39, 0.29) is 6.04 Å². The number of thiol groups is 1. The molecule has 0 fully saturated rings. The molecule has 0 aromatic rings. The Balaban J connectivity index is 3.33. The first-order valence-corrected chi connectivity index (χ1v) is 3.65. The van der Waals surface area contributed by atoms with E-state index in [1.807, 2.05) is 6.92 Å². The molecule has 0 rings (SSSR count). The lowest BCUT2D eigenvalue weighted by Crippen LogP contribution is -2.24. The third kappa shape index (κ3) is 4.48. The van der Waals surface area contributed by atoms with Gasteiger partial charge in [0.1, 0.15) is 6.29 Å². The summed E-state index contributed by atoms with van der Waals surface area (Å²) < 4.78 is 0. The average Bonchev–Trinajstić information content (AvgIpc) is 1.87. The van der Waals surface area contributed by atoms with Crippen LogP contribution in [-0.4, -0.2) is 18.1 Å². The minimum Gasteiger partial charge on any atom is -0.322 e. The maximum absolute atomic E-state index is 10.0. The van der Waals surface area contributed by atoms with Crippen LogP contribution in [-0.2, 0) is 4.79 Å². The molecule has 0 amide bonds. The quantitative estimate of drug-likeness (QED) is 0.448. The SMILES string of the molecule is CC(CS)C[C@H](N)C=O. The van der Waals surface area contributed by atoms with Gasteiger partial charge in [-0.05, 0) is 18.1 Å². The van der Waals surface area contributed by atoms with Gasteiger partial charge in [0, 0.05) is 0 Å². The number of rotatable bonds is 4. The Morgan fingerprint density at radius 3 is 2.67 bits per heavy atom. The summed E-state index contributed by atoms with van der Waals surface area (Å²) in [5.41, 5.74) is 5.35. The summed E-state index contributed by atoms with van der Waals surface area (Å²) in [4.78, 5) is 10.0. The molecule has 2 atom stereocenters. The lowest BCUT2D eigenvalue weighted by atomic mass is 10.1. The van der Waals surface area contributed by atoms with Crippen LogP contribution >= 0.6 is 12.6 Å². The summed E-state index contributed by atoms with van der Waals surface area (Å²) in [7, 11) is 0. The molecule has 0 spiro atoms. The van der Waals surface area contributed by atoms with E-state index in [0.717, 1.165) is 18.5 Å². The van der Waals surface area contributed by atoms with E-state index in [9.17, 15) is 4.79 Å². The van der Waals surface area contributed by atoms with Crippen LogP contribution in [0.4, 0.5) is 0 Å². The van der Waals surface area contributed by atoms with Crippen molar-refractivity contribution in [3.63, 3.8) is 0 Å². The molecule has 0 aliphatic heterocycles. The molecule has 0 radical (unpaired) electrons. The van der Waals surface area contributed by atoms with Gasteiger partial charge < -0.3 is 10.5 Å².